The number of ether oxygens (including phenoxy) is 1. The smallest absolute Gasteiger partial charge is 0.294 e. The van der Waals surface area contributed by atoms with Crippen LogP contribution < -0.4 is 20.9 Å². The van der Waals surface area contributed by atoms with Gasteiger partial charge in [0.15, 0.2) is 11.4 Å². The number of aromatic nitrogens is 3. The summed E-state index contributed by atoms with van der Waals surface area (Å²) < 4.78 is 7.21. The van der Waals surface area contributed by atoms with Crippen LogP contribution in [0, 0.1) is 13.8 Å². The van der Waals surface area contributed by atoms with Gasteiger partial charge in [-0.25, -0.2) is 4.68 Å². The Hall–Kier alpha value is -4.46. The van der Waals surface area contributed by atoms with Crippen molar-refractivity contribution in [2.45, 2.75) is 20.4 Å². The second-order valence-corrected chi connectivity index (χ2v) is 7.91. The summed E-state index contributed by atoms with van der Waals surface area (Å²) in [6.07, 6.45) is 4.89. The summed E-state index contributed by atoms with van der Waals surface area (Å²) in [5.41, 5.74) is 4.21. The minimum absolute atomic E-state index is 0.200. The molecule has 2 heterocycles. The summed E-state index contributed by atoms with van der Waals surface area (Å²) in [7, 11) is 1.57. The monoisotopic (exact) mass is 455 g/mol. The Morgan fingerprint density at radius 3 is 2.53 bits per heavy atom. The number of benzene rings is 2. The van der Waals surface area contributed by atoms with Gasteiger partial charge in [-0.1, -0.05) is 12.1 Å². The Morgan fingerprint density at radius 1 is 1.03 bits per heavy atom. The number of amides is 1. The Morgan fingerprint density at radius 2 is 1.82 bits per heavy atom. The van der Waals surface area contributed by atoms with Crippen LogP contribution in [0.4, 0.5) is 11.4 Å². The van der Waals surface area contributed by atoms with Gasteiger partial charge in [0, 0.05) is 37.2 Å². The first-order valence-electron chi connectivity index (χ1n) is 10.8. The van der Waals surface area contributed by atoms with Crippen LogP contribution in [0.3, 0.4) is 0 Å². The molecular formula is C26H25N5O3. The molecule has 8 nitrogen and oxygen atoms in total. The zero-order chi connectivity index (χ0) is 24.1. The molecule has 2 aromatic heterocycles. The Bertz CT molecular complexity index is 1370. The number of hydrogen-bond donors (Lipinski definition) is 2. The van der Waals surface area contributed by atoms with E-state index in [9.17, 15) is 9.59 Å². The molecule has 0 aliphatic rings. The van der Waals surface area contributed by atoms with Gasteiger partial charge in [-0.3, -0.25) is 14.6 Å². The third kappa shape index (κ3) is 5.29. The third-order valence-electron chi connectivity index (χ3n) is 5.40. The number of nitrogens with zero attached hydrogens (tertiary/aromatic N) is 3. The van der Waals surface area contributed by atoms with Gasteiger partial charge < -0.3 is 15.4 Å². The van der Waals surface area contributed by atoms with E-state index in [1.165, 1.54) is 10.9 Å². The average Bonchev–Trinajstić information content (AvgIpc) is 2.85. The molecular weight excluding hydrogens is 430 g/mol. The van der Waals surface area contributed by atoms with Gasteiger partial charge in [0.2, 0.25) is 0 Å². The number of anilines is 2. The molecule has 0 saturated carbocycles. The fraction of sp³-hybridized carbons (Fsp3) is 0.154. The normalized spacial score (nSPS) is 10.6. The molecule has 0 radical (unpaired) electrons. The summed E-state index contributed by atoms with van der Waals surface area (Å²) in [6.45, 7) is 4.41. The minimum atomic E-state index is -0.334. The van der Waals surface area contributed by atoms with Crippen molar-refractivity contribution in [3.63, 3.8) is 0 Å². The predicted octanol–water partition coefficient (Wildman–Crippen LogP) is 4.26. The van der Waals surface area contributed by atoms with E-state index in [1.54, 1.807) is 43.7 Å². The first kappa shape index (κ1) is 22.7. The van der Waals surface area contributed by atoms with Crippen LogP contribution >= 0.6 is 0 Å². The highest BCUT2D eigenvalue weighted by Gasteiger charge is 2.14. The highest BCUT2D eigenvalue weighted by atomic mass is 16.5. The lowest BCUT2D eigenvalue weighted by molar-refractivity contribution is 0.0951. The Balaban J connectivity index is 1.50. The van der Waals surface area contributed by atoms with E-state index in [0.29, 0.717) is 29.3 Å². The van der Waals surface area contributed by atoms with E-state index in [-0.39, 0.29) is 17.2 Å². The maximum Gasteiger partial charge on any atom is 0.294 e. The van der Waals surface area contributed by atoms with Crippen LogP contribution in [0.25, 0.3) is 0 Å². The number of nitrogens with one attached hydrogen (secondary N) is 2. The molecule has 0 atom stereocenters. The van der Waals surface area contributed by atoms with E-state index in [1.807, 2.05) is 44.2 Å². The zero-order valence-corrected chi connectivity index (χ0v) is 19.2. The first-order valence-corrected chi connectivity index (χ1v) is 10.8. The van der Waals surface area contributed by atoms with E-state index in [0.717, 1.165) is 16.7 Å². The van der Waals surface area contributed by atoms with Crippen LogP contribution in [0.1, 0.15) is 27.0 Å². The fourth-order valence-corrected chi connectivity index (χ4v) is 3.26. The van der Waals surface area contributed by atoms with Gasteiger partial charge in [-0.15, -0.1) is 0 Å². The van der Waals surface area contributed by atoms with Crippen molar-refractivity contribution in [2.24, 2.45) is 7.05 Å². The van der Waals surface area contributed by atoms with Crippen molar-refractivity contribution in [2.75, 3.05) is 5.32 Å². The van der Waals surface area contributed by atoms with Crippen LogP contribution in [0.5, 0.6) is 11.5 Å². The fourth-order valence-electron chi connectivity index (χ4n) is 3.26. The molecule has 0 bridgehead atoms. The Labute approximate surface area is 197 Å². The van der Waals surface area contributed by atoms with E-state index in [2.05, 4.69) is 20.7 Å². The summed E-state index contributed by atoms with van der Waals surface area (Å²) >= 11 is 0. The highest BCUT2D eigenvalue weighted by molar-refractivity contribution is 5.94. The van der Waals surface area contributed by atoms with E-state index in [4.69, 9.17) is 4.74 Å². The maximum atomic E-state index is 12.8. The maximum absolute atomic E-state index is 12.8. The second kappa shape index (κ2) is 9.99. The zero-order valence-electron chi connectivity index (χ0n) is 19.2. The van der Waals surface area contributed by atoms with Gasteiger partial charge in [0.1, 0.15) is 5.75 Å². The number of carbonyl (C=O) groups is 1. The highest BCUT2D eigenvalue weighted by Crippen LogP contribution is 2.29. The lowest BCUT2D eigenvalue weighted by atomic mass is 10.1. The molecule has 0 aliphatic carbocycles. The molecule has 34 heavy (non-hydrogen) atoms. The molecule has 0 fully saturated rings. The second-order valence-electron chi connectivity index (χ2n) is 7.91. The van der Waals surface area contributed by atoms with Crippen LogP contribution in [0.2, 0.25) is 0 Å². The summed E-state index contributed by atoms with van der Waals surface area (Å²) in [4.78, 5) is 29.3. The molecule has 4 aromatic rings. The number of carbonyl (C=O) groups excluding carboxylic acids is 1. The first-order chi connectivity index (χ1) is 16.4. The van der Waals surface area contributed by atoms with Gasteiger partial charge in [0.05, 0.1) is 6.20 Å². The SMILES string of the molecule is Cc1ccc(Oc2cnn(C)c(=O)c2Nc2ccc(C(=O)NCc3cccnc3)cc2)cc1C. The molecule has 0 saturated heterocycles. The van der Waals surface area contributed by atoms with Crippen LogP contribution in [-0.4, -0.2) is 20.7 Å². The van der Waals surface area contributed by atoms with E-state index < -0.39 is 0 Å². The molecule has 1 amide bonds. The molecule has 0 unspecified atom stereocenters. The molecule has 0 spiro atoms. The average molecular weight is 456 g/mol. The predicted molar refractivity (Wildman–Crippen MR) is 131 cm³/mol. The largest absolute Gasteiger partial charge is 0.453 e. The molecule has 0 aliphatic heterocycles. The van der Waals surface area contributed by atoms with Crippen molar-refractivity contribution < 1.29 is 9.53 Å². The van der Waals surface area contributed by atoms with Crippen molar-refractivity contribution in [1.82, 2.24) is 20.1 Å². The third-order valence-corrected chi connectivity index (χ3v) is 5.40. The summed E-state index contributed by atoms with van der Waals surface area (Å²) in [5, 5.41) is 10.1. The quantitative estimate of drug-likeness (QED) is 0.432. The minimum Gasteiger partial charge on any atom is -0.453 e. The summed E-state index contributed by atoms with van der Waals surface area (Å²) in [6, 6.07) is 16.3. The molecule has 8 heteroatoms. The van der Waals surface area contributed by atoms with Crippen molar-refractivity contribution in [1.29, 1.82) is 0 Å². The van der Waals surface area contributed by atoms with Crippen LogP contribution in [-0.2, 0) is 13.6 Å². The van der Waals surface area contributed by atoms with Gasteiger partial charge >= 0.3 is 0 Å². The van der Waals surface area contributed by atoms with Crippen molar-refractivity contribution in [3.8, 4) is 11.5 Å². The lowest BCUT2D eigenvalue weighted by Gasteiger charge is -2.14. The van der Waals surface area contributed by atoms with Crippen LogP contribution in [0.15, 0.2) is 78.0 Å². The topological polar surface area (TPSA) is 98.1 Å². The molecule has 172 valence electrons. The number of aryl methyl sites for hydroxylation is 3. The standard InChI is InChI=1S/C26H25N5O3/c1-17-6-11-22(13-18(17)2)34-23-16-29-31(3)26(33)24(23)30-21-9-7-20(8-10-21)25(32)28-15-19-5-4-12-27-14-19/h4-14,16,30H,15H2,1-3H3,(H,28,32). The number of pyridine rings is 1. The van der Waals surface area contributed by atoms with Gasteiger partial charge in [0.25, 0.3) is 11.5 Å². The van der Waals surface area contributed by atoms with Gasteiger partial charge in [-0.2, -0.15) is 5.10 Å². The van der Waals surface area contributed by atoms with E-state index >= 15 is 0 Å². The molecule has 4 rings (SSSR count). The Kier molecular flexibility index (Phi) is 6.68. The van der Waals surface area contributed by atoms with Crippen molar-refractivity contribution in [3.05, 3.63) is 106 Å². The molecule has 2 aromatic carbocycles. The van der Waals surface area contributed by atoms with Gasteiger partial charge in [-0.05, 0) is 73.0 Å². The summed E-state index contributed by atoms with van der Waals surface area (Å²) in [5.74, 6) is 0.723. The lowest BCUT2D eigenvalue weighted by Crippen LogP contribution is -2.23. The number of hydrogen-bond acceptors (Lipinski definition) is 6. The number of rotatable bonds is 7. The van der Waals surface area contributed by atoms with Crippen molar-refractivity contribution >= 4 is 17.3 Å². The molecule has 2 N–H and O–H groups in total.